The van der Waals surface area contributed by atoms with E-state index in [1.54, 1.807) is 6.07 Å². The van der Waals surface area contributed by atoms with Crippen molar-refractivity contribution in [2.24, 2.45) is 0 Å². The van der Waals surface area contributed by atoms with Gasteiger partial charge < -0.3 is 5.32 Å². The number of rotatable bonds is 5. The van der Waals surface area contributed by atoms with Gasteiger partial charge in [-0.1, -0.05) is 103 Å². The van der Waals surface area contributed by atoms with Gasteiger partial charge in [-0.05, 0) is 23.3 Å². The minimum atomic E-state index is -0.820. The van der Waals surface area contributed by atoms with Crippen molar-refractivity contribution in [2.45, 2.75) is 12.8 Å². The maximum Gasteiger partial charge on any atom is 0.282 e. The normalized spacial score (nSPS) is 15.9. The first-order valence-corrected chi connectivity index (χ1v) is 11.1. The molecule has 1 heterocycles. The Morgan fingerprint density at radius 1 is 0.824 bits per heavy atom. The number of hydrogen-bond donors (Lipinski definition) is 1. The fourth-order valence-electron chi connectivity index (χ4n) is 4.68. The number of ketones is 1. The lowest BCUT2D eigenvalue weighted by Gasteiger charge is -2.28. The average Bonchev–Trinajstić information content (AvgIpc) is 2.88. The summed E-state index contributed by atoms with van der Waals surface area (Å²) >= 11 is 0. The number of carbonyl (C=O) groups excluding carboxylic acids is 1. The fourth-order valence-corrected chi connectivity index (χ4v) is 4.68. The Bertz CT molecular complexity index is 1470. The van der Waals surface area contributed by atoms with Crippen LogP contribution in [-0.2, 0) is 0 Å². The number of nitro groups is 1. The summed E-state index contributed by atoms with van der Waals surface area (Å²) < 4.78 is 0. The van der Waals surface area contributed by atoms with Gasteiger partial charge in [0.1, 0.15) is 11.6 Å². The van der Waals surface area contributed by atoms with E-state index in [1.165, 1.54) is 0 Å². The highest BCUT2D eigenvalue weighted by Gasteiger charge is 2.42. The number of fused-ring (bicyclic) bond motifs is 1. The monoisotopic (exact) mass is 446 g/mol. The Hall–Kier alpha value is -4.51. The number of dihydropyridines is 1. The fraction of sp³-hybridized carbons (Fsp3) is 0.0690. The Labute approximate surface area is 197 Å². The number of carbonyl (C=O) groups is 1. The van der Waals surface area contributed by atoms with Crippen LogP contribution in [0.5, 0.6) is 0 Å². The molecule has 0 radical (unpaired) electrons. The minimum absolute atomic E-state index is 0.0356. The molecule has 0 saturated heterocycles. The van der Waals surface area contributed by atoms with E-state index in [0.29, 0.717) is 33.7 Å². The van der Waals surface area contributed by atoms with Crippen LogP contribution in [0.15, 0.2) is 120 Å². The molecule has 34 heavy (non-hydrogen) atoms. The van der Waals surface area contributed by atoms with Crippen LogP contribution in [0.3, 0.4) is 0 Å². The maximum absolute atomic E-state index is 14.1. The van der Waals surface area contributed by atoms with Crippen molar-refractivity contribution in [1.82, 2.24) is 5.32 Å². The molecule has 1 N–H and O–H groups in total. The van der Waals surface area contributed by atoms with Crippen molar-refractivity contribution >= 4 is 22.3 Å². The molecule has 0 aliphatic carbocycles. The van der Waals surface area contributed by atoms with Gasteiger partial charge in [-0.15, -0.1) is 0 Å². The van der Waals surface area contributed by atoms with Crippen LogP contribution in [0.25, 0.3) is 16.5 Å². The predicted octanol–water partition coefficient (Wildman–Crippen LogP) is 6.33. The number of nitrogens with one attached hydrogen (secondary N) is 1. The molecule has 0 fully saturated rings. The topological polar surface area (TPSA) is 72.2 Å². The van der Waals surface area contributed by atoms with Gasteiger partial charge in [0.05, 0.1) is 4.92 Å². The summed E-state index contributed by atoms with van der Waals surface area (Å²) in [6, 6.07) is 31.7. The number of Topliss-reactive ketones (excluding diaryl/α,β-unsaturated/α-hetero) is 1. The summed E-state index contributed by atoms with van der Waals surface area (Å²) in [6.07, 6.45) is 0. The van der Waals surface area contributed by atoms with Gasteiger partial charge in [0.25, 0.3) is 5.70 Å². The van der Waals surface area contributed by atoms with Gasteiger partial charge in [0, 0.05) is 22.4 Å². The van der Waals surface area contributed by atoms with Crippen molar-refractivity contribution in [3.8, 4) is 0 Å². The molecule has 4 aromatic carbocycles. The lowest BCUT2D eigenvalue weighted by molar-refractivity contribution is -0.428. The number of hydrogen-bond acceptors (Lipinski definition) is 4. The summed E-state index contributed by atoms with van der Waals surface area (Å²) in [6.45, 7) is 1.81. The van der Waals surface area contributed by atoms with Crippen LogP contribution in [0.1, 0.15) is 34.3 Å². The average molecular weight is 447 g/mol. The second kappa shape index (κ2) is 8.79. The first-order chi connectivity index (χ1) is 16.6. The van der Waals surface area contributed by atoms with Gasteiger partial charge in [-0.25, -0.2) is 0 Å². The SMILES string of the molecule is CC1=C(C(=O)c2cccc3ccccc23)C(c2ccccc2)C([N+](=O)[O-])=C(c2ccccc2)N1. The van der Waals surface area contributed by atoms with Crippen molar-refractivity contribution < 1.29 is 9.72 Å². The molecule has 1 aliphatic heterocycles. The molecule has 0 bridgehead atoms. The quantitative estimate of drug-likeness (QED) is 0.221. The van der Waals surface area contributed by atoms with Gasteiger partial charge in [-0.3, -0.25) is 14.9 Å². The van der Waals surface area contributed by atoms with Crippen LogP contribution in [0.2, 0.25) is 0 Å². The third kappa shape index (κ3) is 3.67. The van der Waals surface area contributed by atoms with Gasteiger partial charge in [0.2, 0.25) is 0 Å². The zero-order valence-electron chi connectivity index (χ0n) is 18.6. The third-order valence-corrected chi connectivity index (χ3v) is 6.21. The van der Waals surface area contributed by atoms with Crippen LogP contribution in [0, 0.1) is 10.1 Å². The first kappa shape index (κ1) is 21.3. The Morgan fingerprint density at radius 2 is 1.44 bits per heavy atom. The molecule has 4 aromatic rings. The summed E-state index contributed by atoms with van der Waals surface area (Å²) in [4.78, 5) is 26.2. The second-order valence-electron chi connectivity index (χ2n) is 8.25. The van der Waals surface area contributed by atoms with Gasteiger partial charge >= 0.3 is 0 Å². The lowest BCUT2D eigenvalue weighted by Crippen LogP contribution is -2.31. The highest BCUT2D eigenvalue weighted by molar-refractivity contribution is 6.17. The van der Waals surface area contributed by atoms with Crippen LogP contribution < -0.4 is 5.32 Å². The van der Waals surface area contributed by atoms with Crippen molar-refractivity contribution in [3.05, 3.63) is 147 Å². The zero-order chi connectivity index (χ0) is 23.7. The molecule has 5 rings (SSSR count). The molecule has 1 unspecified atom stereocenters. The molecule has 166 valence electrons. The van der Waals surface area contributed by atoms with E-state index in [0.717, 1.165) is 10.8 Å². The first-order valence-electron chi connectivity index (χ1n) is 11.1. The van der Waals surface area contributed by atoms with Crippen molar-refractivity contribution in [1.29, 1.82) is 0 Å². The molecular weight excluding hydrogens is 424 g/mol. The number of benzene rings is 4. The van der Waals surface area contributed by atoms with Gasteiger partial charge in [-0.2, -0.15) is 0 Å². The maximum atomic E-state index is 14.1. The van der Waals surface area contributed by atoms with E-state index in [-0.39, 0.29) is 16.4 Å². The van der Waals surface area contributed by atoms with Crippen LogP contribution in [0.4, 0.5) is 0 Å². The van der Waals surface area contributed by atoms with E-state index in [9.17, 15) is 14.9 Å². The smallest absolute Gasteiger partial charge is 0.282 e. The molecule has 5 nitrogen and oxygen atoms in total. The van der Waals surface area contributed by atoms with E-state index >= 15 is 0 Å². The lowest BCUT2D eigenvalue weighted by atomic mass is 9.79. The zero-order valence-corrected chi connectivity index (χ0v) is 18.6. The minimum Gasteiger partial charge on any atom is -0.353 e. The summed E-state index contributed by atoms with van der Waals surface area (Å²) in [5.41, 5.74) is 3.29. The van der Waals surface area contributed by atoms with E-state index < -0.39 is 5.92 Å². The summed E-state index contributed by atoms with van der Waals surface area (Å²) in [5.74, 6) is -1.04. The number of allylic oxidation sites excluding steroid dienone is 2. The number of nitrogens with zero attached hydrogens (tertiary/aromatic N) is 1. The predicted molar refractivity (Wildman–Crippen MR) is 134 cm³/mol. The molecule has 1 aliphatic rings. The molecule has 0 saturated carbocycles. The van der Waals surface area contributed by atoms with Gasteiger partial charge in [0.15, 0.2) is 5.78 Å². The Balaban J connectivity index is 1.75. The molecule has 0 aromatic heterocycles. The third-order valence-electron chi connectivity index (χ3n) is 6.21. The van der Waals surface area contributed by atoms with E-state index in [2.05, 4.69) is 5.32 Å². The molecule has 0 amide bonds. The Morgan fingerprint density at radius 3 is 2.15 bits per heavy atom. The molecule has 0 spiro atoms. The van der Waals surface area contributed by atoms with Crippen LogP contribution in [-0.4, -0.2) is 10.7 Å². The summed E-state index contributed by atoms with van der Waals surface area (Å²) in [7, 11) is 0. The van der Waals surface area contributed by atoms with Crippen molar-refractivity contribution in [3.63, 3.8) is 0 Å². The van der Waals surface area contributed by atoms with Crippen LogP contribution >= 0.6 is 0 Å². The Kier molecular flexibility index (Phi) is 5.52. The van der Waals surface area contributed by atoms with Crippen molar-refractivity contribution in [2.75, 3.05) is 0 Å². The second-order valence-corrected chi connectivity index (χ2v) is 8.25. The van der Waals surface area contributed by atoms with E-state index in [1.807, 2.05) is 104 Å². The highest BCUT2D eigenvalue weighted by atomic mass is 16.6. The molecule has 1 atom stereocenters. The standard InChI is InChI=1S/C29H22N2O3/c1-19-25(29(32)24-18-10-16-20-11-8-9-17-23(20)24)26(21-12-4-2-5-13-21)28(31(33)34)27(30-19)22-14-6-3-7-15-22/h2-18,26,30H,1H3. The highest BCUT2D eigenvalue weighted by Crippen LogP contribution is 2.42. The largest absolute Gasteiger partial charge is 0.353 e. The van der Waals surface area contributed by atoms with E-state index in [4.69, 9.17) is 0 Å². The molecular formula is C29H22N2O3. The summed E-state index contributed by atoms with van der Waals surface area (Å²) in [5, 5.41) is 17.5. The molecule has 5 heteroatoms.